The quantitative estimate of drug-likeness (QED) is 0.809. The molecule has 3 heteroatoms. The van der Waals surface area contributed by atoms with Crippen LogP contribution in [0.4, 0.5) is 0 Å². The van der Waals surface area contributed by atoms with E-state index in [1.54, 1.807) is 0 Å². The van der Waals surface area contributed by atoms with Gasteiger partial charge in [0.1, 0.15) is 18.1 Å². The van der Waals surface area contributed by atoms with Crippen molar-refractivity contribution in [1.29, 1.82) is 0 Å². The first-order valence-corrected chi connectivity index (χ1v) is 4.84. The maximum absolute atomic E-state index is 5.59. The Bertz CT molecular complexity index is 297. The zero-order valence-corrected chi connectivity index (χ0v) is 9.39. The van der Waals surface area contributed by atoms with E-state index in [4.69, 9.17) is 14.9 Å². The predicted octanol–water partition coefficient (Wildman–Crippen LogP) is 2.36. The highest BCUT2D eigenvalue weighted by atomic mass is 16.5. The summed E-state index contributed by atoms with van der Waals surface area (Å²) >= 11 is 0. The summed E-state index contributed by atoms with van der Waals surface area (Å²) in [6, 6.07) is 1.98. The van der Waals surface area contributed by atoms with Crippen LogP contribution in [0.1, 0.15) is 37.9 Å². The maximum Gasteiger partial charge on any atom is 0.130 e. The van der Waals surface area contributed by atoms with Crippen LogP contribution in [0.15, 0.2) is 10.5 Å². The molecule has 0 spiro atoms. The second kappa shape index (κ2) is 4.15. The molecule has 1 heterocycles. The lowest BCUT2D eigenvalue weighted by Crippen LogP contribution is -2.18. The van der Waals surface area contributed by atoms with E-state index in [1.807, 2.05) is 33.8 Å². The molecular formula is C11H19NO2. The van der Waals surface area contributed by atoms with Crippen molar-refractivity contribution in [3.63, 3.8) is 0 Å². The van der Waals surface area contributed by atoms with Gasteiger partial charge in [0.25, 0.3) is 0 Å². The summed E-state index contributed by atoms with van der Waals surface area (Å²) in [5.74, 6) is 1.69. The van der Waals surface area contributed by atoms with Crippen LogP contribution in [0.2, 0.25) is 0 Å². The van der Waals surface area contributed by atoms with Gasteiger partial charge in [-0.15, -0.1) is 0 Å². The summed E-state index contributed by atoms with van der Waals surface area (Å²) in [5, 5.41) is 0. The van der Waals surface area contributed by atoms with Crippen molar-refractivity contribution >= 4 is 0 Å². The number of nitrogens with two attached hydrogens (primary N) is 1. The van der Waals surface area contributed by atoms with Gasteiger partial charge in [0.15, 0.2) is 0 Å². The Morgan fingerprint density at radius 2 is 2.07 bits per heavy atom. The first-order chi connectivity index (χ1) is 6.42. The molecule has 0 amide bonds. The van der Waals surface area contributed by atoms with E-state index in [-0.39, 0.29) is 5.60 Å². The normalized spacial score (nSPS) is 12.1. The SMILES string of the molecule is Cc1cc(COC(C)(C)C)oc1CN. The highest BCUT2D eigenvalue weighted by Crippen LogP contribution is 2.17. The first-order valence-electron chi connectivity index (χ1n) is 4.84. The number of hydrogen-bond acceptors (Lipinski definition) is 3. The molecule has 1 rings (SSSR count). The lowest BCUT2D eigenvalue weighted by Gasteiger charge is -2.18. The van der Waals surface area contributed by atoms with E-state index in [9.17, 15) is 0 Å². The predicted molar refractivity (Wildman–Crippen MR) is 55.9 cm³/mol. The molecule has 2 N–H and O–H groups in total. The second-order valence-electron chi connectivity index (χ2n) is 4.42. The van der Waals surface area contributed by atoms with Gasteiger partial charge in [0.05, 0.1) is 12.1 Å². The third-order valence-corrected chi connectivity index (χ3v) is 1.90. The lowest BCUT2D eigenvalue weighted by atomic mass is 10.2. The van der Waals surface area contributed by atoms with E-state index >= 15 is 0 Å². The fourth-order valence-corrected chi connectivity index (χ4v) is 1.15. The molecule has 0 radical (unpaired) electrons. The zero-order valence-electron chi connectivity index (χ0n) is 9.39. The van der Waals surface area contributed by atoms with Crippen LogP contribution in [-0.4, -0.2) is 5.60 Å². The molecule has 0 atom stereocenters. The minimum atomic E-state index is -0.135. The molecule has 0 aliphatic heterocycles. The Morgan fingerprint density at radius 1 is 1.43 bits per heavy atom. The highest BCUT2D eigenvalue weighted by Gasteiger charge is 2.12. The Balaban J connectivity index is 2.60. The van der Waals surface area contributed by atoms with Crippen molar-refractivity contribution < 1.29 is 9.15 Å². The van der Waals surface area contributed by atoms with Crippen molar-refractivity contribution in [3.05, 3.63) is 23.2 Å². The molecule has 0 saturated carbocycles. The van der Waals surface area contributed by atoms with Crippen LogP contribution in [-0.2, 0) is 17.9 Å². The molecule has 3 nitrogen and oxygen atoms in total. The van der Waals surface area contributed by atoms with Crippen LogP contribution in [0, 0.1) is 6.92 Å². The molecule has 0 saturated heterocycles. The fourth-order valence-electron chi connectivity index (χ4n) is 1.15. The van der Waals surface area contributed by atoms with Crippen molar-refractivity contribution in [2.24, 2.45) is 5.73 Å². The largest absolute Gasteiger partial charge is 0.462 e. The molecular weight excluding hydrogens is 178 g/mol. The van der Waals surface area contributed by atoms with Gasteiger partial charge in [0, 0.05) is 0 Å². The van der Waals surface area contributed by atoms with Gasteiger partial charge in [-0.2, -0.15) is 0 Å². The molecule has 1 aromatic rings. The molecule has 80 valence electrons. The monoisotopic (exact) mass is 197 g/mol. The molecule has 14 heavy (non-hydrogen) atoms. The van der Waals surface area contributed by atoms with Crippen molar-refractivity contribution in [2.45, 2.75) is 46.4 Å². The summed E-state index contributed by atoms with van der Waals surface area (Å²) < 4.78 is 11.1. The summed E-state index contributed by atoms with van der Waals surface area (Å²) in [5.41, 5.74) is 6.47. The Labute approximate surface area is 85.2 Å². The van der Waals surface area contributed by atoms with Gasteiger partial charge in [-0.05, 0) is 39.3 Å². The molecule has 0 aliphatic rings. The molecule has 0 bridgehead atoms. The van der Waals surface area contributed by atoms with Crippen molar-refractivity contribution in [2.75, 3.05) is 0 Å². The van der Waals surface area contributed by atoms with E-state index in [0.29, 0.717) is 13.2 Å². The van der Waals surface area contributed by atoms with Crippen molar-refractivity contribution in [1.82, 2.24) is 0 Å². The summed E-state index contributed by atoms with van der Waals surface area (Å²) in [6.45, 7) is 9.00. The van der Waals surface area contributed by atoms with Gasteiger partial charge < -0.3 is 14.9 Å². The number of ether oxygens (including phenoxy) is 1. The van der Waals surface area contributed by atoms with Gasteiger partial charge in [-0.25, -0.2) is 0 Å². The Hall–Kier alpha value is -0.800. The third-order valence-electron chi connectivity index (χ3n) is 1.90. The maximum atomic E-state index is 5.59. The topological polar surface area (TPSA) is 48.4 Å². The van der Waals surface area contributed by atoms with Crippen LogP contribution < -0.4 is 5.73 Å². The van der Waals surface area contributed by atoms with E-state index in [1.165, 1.54) is 0 Å². The smallest absolute Gasteiger partial charge is 0.130 e. The molecule has 0 unspecified atom stereocenters. The first kappa shape index (κ1) is 11.3. The van der Waals surface area contributed by atoms with Gasteiger partial charge in [0.2, 0.25) is 0 Å². The lowest BCUT2D eigenvalue weighted by molar-refractivity contribution is -0.0227. The Morgan fingerprint density at radius 3 is 2.50 bits per heavy atom. The van der Waals surface area contributed by atoms with Crippen LogP contribution in [0.5, 0.6) is 0 Å². The molecule has 0 aliphatic carbocycles. The summed E-state index contributed by atoms with van der Waals surface area (Å²) in [7, 11) is 0. The number of aryl methyl sites for hydroxylation is 1. The van der Waals surface area contributed by atoms with E-state index in [0.717, 1.165) is 17.1 Å². The highest BCUT2D eigenvalue weighted by molar-refractivity contribution is 5.19. The molecule has 0 aromatic carbocycles. The van der Waals surface area contributed by atoms with Crippen LogP contribution in [0.25, 0.3) is 0 Å². The van der Waals surface area contributed by atoms with E-state index in [2.05, 4.69) is 0 Å². The molecule has 1 aromatic heterocycles. The van der Waals surface area contributed by atoms with Crippen LogP contribution >= 0.6 is 0 Å². The van der Waals surface area contributed by atoms with Gasteiger partial charge >= 0.3 is 0 Å². The molecule has 0 fully saturated rings. The minimum Gasteiger partial charge on any atom is -0.462 e. The van der Waals surface area contributed by atoms with E-state index < -0.39 is 0 Å². The van der Waals surface area contributed by atoms with Crippen molar-refractivity contribution in [3.8, 4) is 0 Å². The average molecular weight is 197 g/mol. The standard InChI is InChI=1S/C11H19NO2/c1-8-5-9(14-10(8)6-12)7-13-11(2,3)4/h5H,6-7,12H2,1-4H3. The zero-order chi connectivity index (χ0) is 10.8. The summed E-state index contributed by atoms with van der Waals surface area (Å²) in [4.78, 5) is 0. The average Bonchev–Trinajstić information content (AvgIpc) is 2.42. The number of rotatable bonds is 3. The number of furan rings is 1. The second-order valence-corrected chi connectivity index (χ2v) is 4.42. The van der Waals surface area contributed by atoms with Gasteiger partial charge in [-0.1, -0.05) is 0 Å². The summed E-state index contributed by atoms with van der Waals surface area (Å²) in [6.07, 6.45) is 0. The fraction of sp³-hybridized carbons (Fsp3) is 0.636. The Kier molecular flexibility index (Phi) is 3.34. The third kappa shape index (κ3) is 3.16. The van der Waals surface area contributed by atoms with Crippen LogP contribution in [0.3, 0.4) is 0 Å². The van der Waals surface area contributed by atoms with Gasteiger partial charge in [-0.3, -0.25) is 0 Å². The minimum absolute atomic E-state index is 0.135. The number of hydrogen-bond donors (Lipinski definition) is 1.